The lowest BCUT2D eigenvalue weighted by molar-refractivity contribution is -0.388. The standard InChI is InChI=1S/C40H50O7Si/c1-5-48(6-2,7-3)40(42)39(34-21-15-10-16-22-34,46-30-33-23-25-35(43-4)26-24-33)38(45-29-32-19-13-9-14-20-32)37(36(27-41)47-40)44-28-31-17-11-8-12-18-31/h8-26,36-38,41-42H,5-7,27-30H2,1-4H3/t36-,37-,38+,39+,40+/m1/s1. The highest BCUT2D eigenvalue weighted by atomic mass is 28.3. The van der Waals surface area contributed by atoms with E-state index in [1.807, 2.05) is 115 Å². The average molecular weight is 671 g/mol. The van der Waals surface area contributed by atoms with Crippen molar-refractivity contribution in [3.05, 3.63) is 138 Å². The SMILES string of the molecule is CC[Si](CC)(CC)[C@@]1(O)O[C@H](CO)[C@@H](OCc2ccccc2)[C@H](OCc2ccccc2)[C@@]1(OCc1ccc(OC)cc1)c1ccccc1. The van der Waals surface area contributed by atoms with Crippen molar-refractivity contribution in [2.45, 2.75) is 88.0 Å². The van der Waals surface area contributed by atoms with E-state index in [0.29, 0.717) is 0 Å². The normalized spacial score (nSPS) is 24.3. The molecule has 0 aromatic heterocycles. The molecule has 2 N–H and O–H groups in total. The van der Waals surface area contributed by atoms with Crippen LogP contribution in [0, 0.1) is 0 Å². The summed E-state index contributed by atoms with van der Waals surface area (Å²) >= 11 is 0. The topological polar surface area (TPSA) is 86.6 Å². The van der Waals surface area contributed by atoms with Gasteiger partial charge in [-0.1, -0.05) is 142 Å². The first-order valence-corrected chi connectivity index (χ1v) is 19.7. The molecule has 256 valence electrons. The maximum absolute atomic E-state index is 13.6. The van der Waals surface area contributed by atoms with Gasteiger partial charge >= 0.3 is 0 Å². The minimum absolute atomic E-state index is 0.159. The Morgan fingerprint density at radius 1 is 0.667 bits per heavy atom. The number of rotatable bonds is 16. The lowest BCUT2D eigenvalue weighted by Crippen LogP contribution is -2.80. The number of benzene rings is 4. The summed E-state index contributed by atoms with van der Waals surface area (Å²) < 4.78 is 33.4. The molecule has 4 aromatic carbocycles. The lowest BCUT2D eigenvalue weighted by Gasteiger charge is -2.62. The Bertz CT molecular complexity index is 1510. The Morgan fingerprint density at radius 2 is 1.17 bits per heavy atom. The van der Waals surface area contributed by atoms with Crippen LogP contribution in [0.1, 0.15) is 43.0 Å². The number of aliphatic hydroxyl groups excluding tert-OH is 1. The molecule has 5 rings (SSSR count). The van der Waals surface area contributed by atoms with Gasteiger partial charge in [0.05, 0.1) is 33.5 Å². The van der Waals surface area contributed by atoms with Gasteiger partial charge in [-0.25, -0.2) is 0 Å². The van der Waals surface area contributed by atoms with Gasteiger partial charge in [-0.15, -0.1) is 0 Å². The van der Waals surface area contributed by atoms with E-state index in [9.17, 15) is 10.2 Å². The van der Waals surface area contributed by atoms with Crippen molar-refractivity contribution >= 4 is 8.07 Å². The van der Waals surface area contributed by atoms with Crippen LogP contribution in [-0.2, 0) is 44.4 Å². The highest BCUT2D eigenvalue weighted by Crippen LogP contribution is 2.55. The van der Waals surface area contributed by atoms with Crippen LogP contribution in [-0.4, -0.2) is 55.7 Å². The van der Waals surface area contributed by atoms with E-state index >= 15 is 0 Å². The van der Waals surface area contributed by atoms with Crippen LogP contribution in [0.4, 0.5) is 0 Å². The van der Waals surface area contributed by atoms with Crippen LogP contribution < -0.4 is 4.74 Å². The highest BCUT2D eigenvalue weighted by molar-refractivity contribution is 6.82. The number of hydrogen-bond acceptors (Lipinski definition) is 7. The second kappa shape index (κ2) is 16.4. The van der Waals surface area contributed by atoms with Gasteiger partial charge in [0.15, 0.2) is 11.0 Å². The largest absolute Gasteiger partial charge is 0.497 e. The van der Waals surface area contributed by atoms with E-state index in [4.69, 9.17) is 23.7 Å². The van der Waals surface area contributed by atoms with Crippen molar-refractivity contribution in [1.82, 2.24) is 0 Å². The maximum atomic E-state index is 13.6. The number of methoxy groups -OCH3 is 1. The van der Waals surface area contributed by atoms with E-state index in [2.05, 4.69) is 20.8 Å². The summed E-state index contributed by atoms with van der Waals surface area (Å²) in [5, 5.41) is 24.6. The van der Waals surface area contributed by atoms with Crippen molar-refractivity contribution in [2.75, 3.05) is 13.7 Å². The molecule has 1 saturated heterocycles. The first-order valence-electron chi connectivity index (χ1n) is 17.0. The summed E-state index contributed by atoms with van der Waals surface area (Å²) in [6.45, 7) is 6.69. The minimum atomic E-state index is -2.79. The first-order chi connectivity index (χ1) is 23.4. The maximum Gasteiger partial charge on any atom is 0.184 e. The summed E-state index contributed by atoms with van der Waals surface area (Å²) in [6.07, 6.45) is -2.56. The molecule has 0 aliphatic carbocycles. The van der Waals surface area contributed by atoms with Crippen LogP contribution in [0.25, 0.3) is 0 Å². The molecule has 0 unspecified atom stereocenters. The van der Waals surface area contributed by atoms with E-state index < -0.39 is 37.4 Å². The summed E-state index contributed by atoms with van der Waals surface area (Å²) in [7, 11) is -1.15. The van der Waals surface area contributed by atoms with Crippen LogP contribution in [0.15, 0.2) is 115 Å². The zero-order valence-corrected chi connectivity index (χ0v) is 29.6. The molecule has 48 heavy (non-hydrogen) atoms. The molecular formula is C40H50O7Si. The number of aliphatic hydroxyl groups is 2. The average Bonchev–Trinajstić information content (AvgIpc) is 3.15. The Hall–Kier alpha value is -3.34. The molecular weight excluding hydrogens is 621 g/mol. The zero-order valence-electron chi connectivity index (χ0n) is 28.6. The quantitative estimate of drug-likeness (QED) is 0.120. The summed E-state index contributed by atoms with van der Waals surface area (Å²) in [6, 6.07) is 39.6. The van der Waals surface area contributed by atoms with Crippen molar-refractivity contribution < 1.29 is 33.9 Å². The molecule has 0 spiro atoms. The number of ether oxygens (including phenoxy) is 5. The molecule has 7 nitrogen and oxygen atoms in total. The third-order valence-corrected chi connectivity index (χ3v) is 16.2. The smallest absolute Gasteiger partial charge is 0.184 e. The van der Waals surface area contributed by atoms with Crippen molar-refractivity contribution in [3.63, 3.8) is 0 Å². The molecule has 0 radical (unpaired) electrons. The molecule has 0 saturated carbocycles. The van der Waals surface area contributed by atoms with Crippen LogP contribution in [0.5, 0.6) is 5.75 Å². The molecule has 5 atom stereocenters. The molecule has 1 aliphatic rings. The second-order valence-corrected chi connectivity index (χ2v) is 17.9. The molecule has 1 aliphatic heterocycles. The molecule has 1 heterocycles. The van der Waals surface area contributed by atoms with Gasteiger partial charge in [0.25, 0.3) is 0 Å². The third-order valence-electron chi connectivity index (χ3n) is 10.2. The van der Waals surface area contributed by atoms with E-state index in [1.54, 1.807) is 7.11 Å². The van der Waals surface area contributed by atoms with Crippen LogP contribution >= 0.6 is 0 Å². The Kier molecular flexibility index (Phi) is 12.3. The summed E-state index contributed by atoms with van der Waals surface area (Å²) in [4.78, 5) is 0. The van der Waals surface area contributed by atoms with E-state index in [-0.39, 0.29) is 26.4 Å². The van der Waals surface area contributed by atoms with Crippen LogP contribution in [0.3, 0.4) is 0 Å². The molecule has 8 heteroatoms. The van der Waals surface area contributed by atoms with Gasteiger partial charge in [-0.3, -0.25) is 0 Å². The van der Waals surface area contributed by atoms with Crippen molar-refractivity contribution in [3.8, 4) is 5.75 Å². The van der Waals surface area contributed by atoms with Gasteiger partial charge in [0.1, 0.15) is 32.1 Å². The van der Waals surface area contributed by atoms with Gasteiger partial charge in [-0.2, -0.15) is 0 Å². The fourth-order valence-electron chi connectivity index (χ4n) is 7.28. The van der Waals surface area contributed by atoms with Crippen molar-refractivity contribution in [1.29, 1.82) is 0 Å². The van der Waals surface area contributed by atoms with Crippen LogP contribution in [0.2, 0.25) is 18.1 Å². The fourth-order valence-corrected chi connectivity index (χ4v) is 11.8. The minimum Gasteiger partial charge on any atom is -0.497 e. The monoisotopic (exact) mass is 670 g/mol. The van der Waals surface area contributed by atoms with Gasteiger partial charge in [0.2, 0.25) is 0 Å². The Labute approximate surface area is 286 Å². The summed E-state index contributed by atoms with van der Waals surface area (Å²) in [5.41, 5.74) is 0.226. The molecule has 0 bridgehead atoms. The van der Waals surface area contributed by atoms with Gasteiger partial charge in [-0.05, 0) is 34.4 Å². The van der Waals surface area contributed by atoms with Crippen molar-refractivity contribution in [2.24, 2.45) is 0 Å². The first kappa shape index (κ1) is 36.0. The highest BCUT2D eigenvalue weighted by Gasteiger charge is 2.73. The fraction of sp³-hybridized carbons (Fsp3) is 0.400. The third kappa shape index (κ3) is 7.02. The second-order valence-electron chi connectivity index (χ2n) is 12.5. The summed E-state index contributed by atoms with van der Waals surface area (Å²) in [5.74, 6) is 0.743. The molecule has 1 fully saturated rings. The predicted octanol–water partition coefficient (Wildman–Crippen LogP) is 7.41. The molecule has 4 aromatic rings. The lowest BCUT2D eigenvalue weighted by atomic mass is 9.79. The zero-order chi connectivity index (χ0) is 34.0. The van der Waals surface area contributed by atoms with Gasteiger partial charge in [0, 0.05) is 0 Å². The van der Waals surface area contributed by atoms with E-state index in [0.717, 1.165) is 46.1 Å². The van der Waals surface area contributed by atoms with E-state index in [1.165, 1.54) is 0 Å². The molecule has 0 amide bonds. The predicted molar refractivity (Wildman–Crippen MR) is 190 cm³/mol. The Morgan fingerprint density at radius 3 is 1.67 bits per heavy atom. The van der Waals surface area contributed by atoms with Gasteiger partial charge < -0.3 is 33.9 Å². The Balaban J connectivity index is 1.73. The number of hydrogen-bond donors (Lipinski definition) is 2.